The van der Waals surface area contributed by atoms with E-state index in [1.54, 1.807) is 4.90 Å². The molecule has 2 fully saturated rings. The molecule has 0 radical (unpaired) electrons. The molecular formula is C14H26N2O5S. The number of cyclic esters (lactones) is 1. The molecule has 0 aliphatic carbocycles. The molecular weight excluding hydrogens is 308 g/mol. The van der Waals surface area contributed by atoms with Gasteiger partial charge in [-0.3, -0.25) is 4.18 Å². The summed E-state index contributed by atoms with van der Waals surface area (Å²) in [6.45, 7) is 4.47. The zero-order valence-electron chi connectivity index (χ0n) is 13.5. The molecule has 2 unspecified atom stereocenters. The summed E-state index contributed by atoms with van der Waals surface area (Å²) in [7, 11) is -1.40. The minimum Gasteiger partial charge on any atom is -0.442 e. The topological polar surface area (TPSA) is 76.2 Å². The van der Waals surface area contributed by atoms with Crippen molar-refractivity contribution in [2.24, 2.45) is 5.92 Å². The lowest BCUT2D eigenvalue weighted by Crippen LogP contribution is -2.45. The molecule has 2 saturated heterocycles. The Balaban J connectivity index is 1.93. The fourth-order valence-corrected chi connectivity index (χ4v) is 3.72. The highest BCUT2D eigenvalue weighted by molar-refractivity contribution is 7.85. The molecule has 0 aromatic rings. The van der Waals surface area contributed by atoms with Gasteiger partial charge in [0.2, 0.25) is 0 Å². The van der Waals surface area contributed by atoms with E-state index in [2.05, 4.69) is 18.9 Å². The van der Waals surface area contributed by atoms with Crippen LogP contribution >= 0.6 is 0 Å². The van der Waals surface area contributed by atoms with Gasteiger partial charge in [0.1, 0.15) is 12.7 Å². The number of rotatable bonds is 6. The normalized spacial score (nSPS) is 26.2. The molecule has 2 heterocycles. The first-order valence-corrected chi connectivity index (χ1v) is 9.62. The molecule has 0 bridgehead atoms. The number of ether oxygens (including phenoxy) is 1. The van der Waals surface area contributed by atoms with Crippen LogP contribution in [0.4, 0.5) is 4.79 Å². The van der Waals surface area contributed by atoms with Gasteiger partial charge in [-0.15, -0.1) is 0 Å². The predicted octanol–water partition coefficient (Wildman–Crippen LogP) is 0.904. The summed E-state index contributed by atoms with van der Waals surface area (Å²) in [5.41, 5.74) is 0. The van der Waals surface area contributed by atoms with E-state index in [0.29, 0.717) is 12.5 Å². The van der Waals surface area contributed by atoms with E-state index in [9.17, 15) is 13.2 Å². The lowest BCUT2D eigenvalue weighted by Gasteiger charge is -2.37. The lowest BCUT2D eigenvalue weighted by molar-refractivity contribution is 0.0954. The van der Waals surface area contributed by atoms with Crippen molar-refractivity contribution >= 4 is 16.2 Å². The van der Waals surface area contributed by atoms with Crippen LogP contribution in [0.25, 0.3) is 0 Å². The second kappa shape index (κ2) is 7.14. The van der Waals surface area contributed by atoms with Crippen LogP contribution in [0.3, 0.4) is 0 Å². The Bertz CT molecular complexity index is 487. The molecule has 2 atom stereocenters. The summed E-state index contributed by atoms with van der Waals surface area (Å²) in [6.07, 6.45) is 3.15. The van der Waals surface area contributed by atoms with Gasteiger partial charge in [-0.1, -0.05) is 6.92 Å². The molecule has 2 aliphatic rings. The number of hydrogen-bond acceptors (Lipinski definition) is 6. The second-order valence-electron chi connectivity index (χ2n) is 6.26. The van der Waals surface area contributed by atoms with Crippen molar-refractivity contribution in [3.63, 3.8) is 0 Å². The Morgan fingerprint density at radius 1 is 1.36 bits per heavy atom. The fraction of sp³-hybridized carbons (Fsp3) is 0.929. The van der Waals surface area contributed by atoms with Gasteiger partial charge in [0.15, 0.2) is 0 Å². The maximum absolute atomic E-state index is 12.1. The van der Waals surface area contributed by atoms with Gasteiger partial charge in [-0.25, -0.2) is 4.79 Å². The van der Waals surface area contributed by atoms with Gasteiger partial charge in [0.25, 0.3) is 10.1 Å². The van der Waals surface area contributed by atoms with Gasteiger partial charge in [-0.2, -0.15) is 8.42 Å². The van der Waals surface area contributed by atoms with E-state index >= 15 is 0 Å². The molecule has 0 saturated carbocycles. The smallest absolute Gasteiger partial charge is 0.410 e. The maximum Gasteiger partial charge on any atom is 0.410 e. The molecule has 7 nitrogen and oxygen atoms in total. The van der Waals surface area contributed by atoms with Crippen molar-refractivity contribution in [2.45, 2.75) is 38.3 Å². The van der Waals surface area contributed by atoms with E-state index in [4.69, 9.17) is 8.92 Å². The highest BCUT2D eigenvalue weighted by Gasteiger charge is 2.39. The lowest BCUT2D eigenvalue weighted by atomic mass is 9.87. The first-order valence-electron chi connectivity index (χ1n) is 7.80. The average Bonchev–Trinajstić information content (AvgIpc) is 2.80. The Kier molecular flexibility index (Phi) is 5.68. The summed E-state index contributed by atoms with van der Waals surface area (Å²) in [5.74, 6) is 0.475. The number of carbonyl (C=O) groups is 1. The molecule has 0 N–H and O–H groups in total. The van der Waals surface area contributed by atoms with Gasteiger partial charge >= 0.3 is 6.09 Å². The monoisotopic (exact) mass is 334 g/mol. The van der Waals surface area contributed by atoms with Crippen molar-refractivity contribution < 1.29 is 22.1 Å². The fourth-order valence-electron chi connectivity index (χ4n) is 3.32. The Morgan fingerprint density at radius 2 is 2.00 bits per heavy atom. The first-order chi connectivity index (χ1) is 10.3. The van der Waals surface area contributed by atoms with Gasteiger partial charge < -0.3 is 14.5 Å². The second-order valence-corrected chi connectivity index (χ2v) is 7.91. The molecule has 22 heavy (non-hydrogen) atoms. The van der Waals surface area contributed by atoms with E-state index in [0.717, 1.165) is 38.6 Å². The standard InChI is InChI=1S/C14H26N2O5S/c1-4-13(11-5-7-15(2)8-6-11)16-9-12(21-14(16)17)10-20-22(3,18)19/h11-13H,4-10H2,1-3H3. The SMILES string of the molecule is CCC(C1CCN(C)CC1)N1CC(COS(C)(=O)=O)OC1=O. The Labute approximate surface area is 132 Å². The third kappa shape index (κ3) is 4.57. The number of nitrogens with zero attached hydrogens (tertiary/aromatic N) is 2. The highest BCUT2D eigenvalue weighted by Crippen LogP contribution is 2.29. The molecule has 1 amide bonds. The summed E-state index contributed by atoms with van der Waals surface area (Å²) in [4.78, 5) is 16.2. The zero-order valence-corrected chi connectivity index (χ0v) is 14.3. The number of piperidine rings is 1. The van der Waals surface area contributed by atoms with E-state index < -0.39 is 16.2 Å². The van der Waals surface area contributed by atoms with Crippen LogP contribution in [0.5, 0.6) is 0 Å². The van der Waals surface area contributed by atoms with Gasteiger partial charge in [-0.05, 0) is 45.3 Å². The van der Waals surface area contributed by atoms with Crippen molar-refractivity contribution in [2.75, 3.05) is 39.5 Å². The number of amides is 1. The summed E-state index contributed by atoms with van der Waals surface area (Å²) in [6, 6.07) is 0.157. The van der Waals surface area contributed by atoms with Crippen molar-refractivity contribution in [1.29, 1.82) is 0 Å². The third-order valence-electron chi connectivity index (χ3n) is 4.50. The predicted molar refractivity (Wildman–Crippen MR) is 82.1 cm³/mol. The number of hydrogen-bond donors (Lipinski definition) is 0. The molecule has 0 aromatic heterocycles. The minimum atomic E-state index is -3.51. The Morgan fingerprint density at radius 3 is 2.55 bits per heavy atom. The van der Waals surface area contributed by atoms with Crippen LogP contribution in [0.15, 0.2) is 0 Å². The Hall–Kier alpha value is -0.860. The third-order valence-corrected chi connectivity index (χ3v) is 5.06. The van der Waals surface area contributed by atoms with Crippen molar-refractivity contribution in [3.05, 3.63) is 0 Å². The average molecular weight is 334 g/mol. The van der Waals surface area contributed by atoms with Crippen molar-refractivity contribution in [1.82, 2.24) is 9.80 Å². The molecule has 8 heteroatoms. The highest BCUT2D eigenvalue weighted by atomic mass is 32.2. The van der Waals surface area contributed by atoms with E-state index in [1.165, 1.54) is 0 Å². The minimum absolute atomic E-state index is 0.106. The van der Waals surface area contributed by atoms with Crippen LogP contribution in [-0.4, -0.2) is 76.0 Å². The van der Waals surface area contributed by atoms with Crippen LogP contribution in [-0.2, 0) is 19.0 Å². The summed E-state index contributed by atoms with van der Waals surface area (Å²) >= 11 is 0. The quantitative estimate of drug-likeness (QED) is 0.672. The van der Waals surface area contributed by atoms with Crippen LogP contribution in [0.2, 0.25) is 0 Å². The molecule has 2 rings (SSSR count). The largest absolute Gasteiger partial charge is 0.442 e. The molecule has 128 valence electrons. The van der Waals surface area contributed by atoms with Crippen molar-refractivity contribution in [3.8, 4) is 0 Å². The zero-order chi connectivity index (χ0) is 16.3. The van der Waals surface area contributed by atoms with Gasteiger partial charge in [0.05, 0.1) is 12.8 Å². The van der Waals surface area contributed by atoms with Gasteiger partial charge in [0, 0.05) is 6.04 Å². The summed E-state index contributed by atoms with van der Waals surface area (Å²) in [5, 5.41) is 0. The maximum atomic E-state index is 12.1. The number of likely N-dealkylation sites (tertiary alicyclic amines) is 1. The first kappa shape index (κ1) is 17.5. The van der Waals surface area contributed by atoms with Crippen LogP contribution < -0.4 is 0 Å². The molecule has 0 spiro atoms. The molecule has 0 aromatic carbocycles. The number of carbonyl (C=O) groups excluding carboxylic acids is 1. The summed E-state index contributed by atoms with van der Waals surface area (Å²) < 4.78 is 32.1. The van der Waals surface area contributed by atoms with Crippen LogP contribution in [0.1, 0.15) is 26.2 Å². The van der Waals surface area contributed by atoms with Crippen LogP contribution in [0, 0.1) is 5.92 Å². The van der Waals surface area contributed by atoms with E-state index in [1.807, 2.05) is 0 Å². The van der Waals surface area contributed by atoms with E-state index in [-0.39, 0.29) is 18.7 Å². The molecule has 2 aliphatic heterocycles.